The Morgan fingerprint density at radius 3 is 1.40 bits per heavy atom. The Morgan fingerprint density at radius 1 is 0.488 bits per heavy atom. The summed E-state index contributed by atoms with van der Waals surface area (Å²) in [4.78, 5) is 24.5. The number of unbranched alkanes of at least 4 members (excludes halogenated alkanes) is 6. The van der Waals surface area contributed by atoms with Crippen molar-refractivity contribution in [1.29, 1.82) is 10.5 Å². The molecule has 0 unspecified atom stereocenters. The van der Waals surface area contributed by atoms with E-state index in [1.165, 1.54) is 0 Å². The average Bonchev–Trinajstić information content (AvgIpc) is 3.04. The SMILES string of the molecule is N#Cc1ccc(-c2ccc(OC(=O)CCCCCCCCCC(=O)Oc3cccc(-c4ccc(C#N)cc4)c3)cc2)cc1. The zero-order chi connectivity index (χ0) is 30.3. The Morgan fingerprint density at radius 2 is 0.907 bits per heavy atom. The van der Waals surface area contributed by atoms with Crippen LogP contribution in [0.1, 0.15) is 68.9 Å². The van der Waals surface area contributed by atoms with Gasteiger partial charge in [0.05, 0.1) is 23.3 Å². The highest BCUT2D eigenvalue weighted by molar-refractivity contribution is 5.74. The largest absolute Gasteiger partial charge is 0.427 e. The van der Waals surface area contributed by atoms with Crippen LogP contribution in [0, 0.1) is 22.7 Å². The predicted octanol–water partition coefficient (Wildman–Crippen LogP) is 8.79. The minimum atomic E-state index is -0.237. The van der Waals surface area contributed by atoms with Crippen LogP contribution in [0.15, 0.2) is 97.1 Å². The van der Waals surface area contributed by atoms with Crippen LogP contribution >= 0.6 is 0 Å². The fraction of sp³-hybridized carbons (Fsp3) is 0.243. The van der Waals surface area contributed by atoms with Crippen molar-refractivity contribution in [3.05, 3.63) is 108 Å². The predicted molar refractivity (Wildman–Crippen MR) is 166 cm³/mol. The maximum Gasteiger partial charge on any atom is 0.311 e. The second-order valence-corrected chi connectivity index (χ2v) is 10.4. The molecule has 0 amide bonds. The van der Waals surface area contributed by atoms with Crippen LogP contribution in [-0.4, -0.2) is 11.9 Å². The summed E-state index contributed by atoms with van der Waals surface area (Å²) in [6.07, 6.45) is 7.40. The number of rotatable bonds is 14. The lowest BCUT2D eigenvalue weighted by molar-refractivity contribution is -0.135. The van der Waals surface area contributed by atoms with E-state index in [2.05, 4.69) is 12.1 Å². The first kappa shape index (κ1) is 30.8. The van der Waals surface area contributed by atoms with Gasteiger partial charge in [-0.2, -0.15) is 10.5 Å². The molecule has 0 aromatic heterocycles. The number of ether oxygens (including phenoxy) is 2. The summed E-state index contributed by atoms with van der Waals surface area (Å²) in [5.41, 5.74) is 5.10. The second-order valence-electron chi connectivity index (χ2n) is 10.4. The molecule has 0 atom stereocenters. The van der Waals surface area contributed by atoms with E-state index in [4.69, 9.17) is 20.0 Å². The molecule has 4 aromatic carbocycles. The third kappa shape index (κ3) is 9.99. The van der Waals surface area contributed by atoms with Crippen LogP contribution in [0.2, 0.25) is 0 Å². The van der Waals surface area contributed by atoms with Gasteiger partial charge in [-0.05, 0) is 83.6 Å². The Bertz CT molecular complexity index is 1580. The third-order valence-electron chi connectivity index (χ3n) is 7.11. The first-order valence-corrected chi connectivity index (χ1v) is 14.7. The average molecular weight is 571 g/mol. The van der Waals surface area contributed by atoms with Crippen molar-refractivity contribution in [1.82, 2.24) is 0 Å². The van der Waals surface area contributed by atoms with Crippen molar-refractivity contribution in [2.45, 2.75) is 57.8 Å². The molecule has 0 bridgehead atoms. The number of nitrogens with zero attached hydrogens (tertiary/aromatic N) is 2. The monoisotopic (exact) mass is 570 g/mol. The summed E-state index contributed by atoms with van der Waals surface area (Å²) in [7, 11) is 0. The molecular formula is C37H34N2O4. The lowest BCUT2D eigenvalue weighted by Gasteiger charge is -2.07. The van der Waals surface area contributed by atoms with Gasteiger partial charge in [0.25, 0.3) is 0 Å². The molecule has 0 aliphatic heterocycles. The standard InChI is InChI=1S/C37H34N2O4/c38-26-28-13-17-30(18-14-28)31-21-23-34(24-22-31)42-36(40)11-6-4-2-1-3-5-7-12-37(41)43-35-10-8-9-33(25-35)32-19-15-29(27-39)16-20-32/h8-10,13-25H,1-7,11-12H2. The normalized spacial score (nSPS) is 10.4. The highest BCUT2D eigenvalue weighted by Crippen LogP contribution is 2.25. The van der Waals surface area contributed by atoms with Gasteiger partial charge in [0, 0.05) is 12.8 Å². The van der Waals surface area contributed by atoms with E-state index in [-0.39, 0.29) is 11.9 Å². The van der Waals surface area contributed by atoms with Crippen molar-refractivity contribution in [2.24, 2.45) is 0 Å². The fourth-order valence-corrected chi connectivity index (χ4v) is 4.72. The van der Waals surface area contributed by atoms with Crippen LogP contribution < -0.4 is 9.47 Å². The van der Waals surface area contributed by atoms with E-state index in [0.29, 0.717) is 35.5 Å². The van der Waals surface area contributed by atoms with Gasteiger partial charge >= 0.3 is 11.9 Å². The molecule has 4 rings (SSSR count). The van der Waals surface area contributed by atoms with Gasteiger partial charge in [-0.1, -0.05) is 80.6 Å². The van der Waals surface area contributed by atoms with Crippen molar-refractivity contribution in [2.75, 3.05) is 0 Å². The molecule has 0 N–H and O–H groups in total. The summed E-state index contributed by atoms with van der Waals surface area (Å²) < 4.78 is 11.0. The topological polar surface area (TPSA) is 100 Å². The summed E-state index contributed by atoms with van der Waals surface area (Å²) >= 11 is 0. The van der Waals surface area contributed by atoms with Gasteiger partial charge in [-0.15, -0.1) is 0 Å². The molecule has 6 nitrogen and oxygen atoms in total. The fourth-order valence-electron chi connectivity index (χ4n) is 4.72. The summed E-state index contributed by atoms with van der Waals surface area (Å²) in [5.74, 6) is 0.580. The quantitative estimate of drug-likeness (QED) is 0.0853. The maximum absolute atomic E-state index is 12.3. The van der Waals surface area contributed by atoms with Gasteiger partial charge < -0.3 is 9.47 Å². The first-order chi connectivity index (χ1) is 21.0. The van der Waals surface area contributed by atoms with Gasteiger partial charge in [0.2, 0.25) is 0 Å². The van der Waals surface area contributed by atoms with Gasteiger partial charge in [0.15, 0.2) is 0 Å². The van der Waals surface area contributed by atoms with Crippen LogP contribution in [0.4, 0.5) is 0 Å². The van der Waals surface area contributed by atoms with Crippen LogP contribution in [-0.2, 0) is 9.59 Å². The summed E-state index contributed by atoms with van der Waals surface area (Å²) in [6.45, 7) is 0. The highest BCUT2D eigenvalue weighted by atomic mass is 16.5. The maximum atomic E-state index is 12.3. The van der Waals surface area contributed by atoms with E-state index < -0.39 is 0 Å². The molecule has 0 radical (unpaired) electrons. The lowest BCUT2D eigenvalue weighted by atomic mass is 10.0. The Labute approximate surface area is 253 Å². The van der Waals surface area contributed by atoms with Gasteiger partial charge in [0.1, 0.15) is 11.5 Å². The van der Waals surface area contributed by atoms with Crippen LogP contribution in [0.5, 0.6) is 11.5 Å². The zero-order valence-electron chi connectivity index (χ0n) is 24.1. The minimum Gasteiger partial charge on any atom is -0.427 e. The van der Waals surface area contributed by atoms with Gasteiger partial charge in [-0.25, -0.2) is 0 Å². The van der Waals surface area contributed by atoms with E-state index in [9.17, 15) is 9.59 Å². The van der Waals surface area contributed by atoms with Crippen LogP contribution in [0.25, 0.3) is 22.3 Å². The number of benzene rings is 4. The Balaban J connectivity index is 1.04. The van der Waals surface area contributed by atoms with E-state index in [1.807, 2.05) is 54.6 Å². The zero-order valence-corrected chi connectivity index (χ0v) is 24.1. The number of carbonyl (C=O) groups is 2. The molecule has 0 aliphatic rings. The van der Waals surface area contributed by atoms with Crippen molar-refractivity contribution in [3.8, 4) is 45.9 Å². The number of nitriles is 2. The molecule has 43 heavy (non-hydrogen) atoms. The van der Waals surface area contributed by atoms with E-state index in [0.717, 1.165) is 67.2 Å². The Hall–Kier alpha value is -5.20. The molecule has 0 saturated heterocycles. The van der Waals surface area contributed by atoms with E-state index in [1.54, 1.807) is 42.5 Å². The highest BCUT2D eigenvalue weighted by Gasteiger charge is 2.08. The third-order valence-corrected chi connectivity index (χ3v) is 7.11. The molecule has 0 aliphatic carbocycles. The van der Waals surface area contributed by atoms with E-state index >= 15 is 0 Å². The number of carbonyl (C=O) groups excluding carboxylic acids is 2. The molecule has 0 fully saturated rings. The summed E-state index contributed by atoms with van der Waals surface area (Å²) in [6, 6.07) is 33.7. The molecule has 4 aromatic rings. The smallest absolute Gasteiger partial charge is 0.311 e. The molecule has 0 spiro atoms. The molecule has 0 heterocycles. The van der Waals surface area contributed by atoms with Gasteiger partial charge in [-0.3, -0.25) is 9.59 Å². The molecule has 216 valence electrons. The number of hydrogen-bond donors (Lipinski definition) is 0. The lowest BCUT2D eigenvalue weighted by Crippen LogP contribution is -2.07. The molecule has 6 heteroatoms. The summed E-state index contributed by atoms with van der Waals surface area (Å²) in [5, 5.41) is 17.9. The second kappa shape index (κ2) is 16.3. The molecular weight excluding hydrogens is 536 g/mol. The van der Waals surface area contributed by atoms with Crippen LogP contribution in [0.3, 0.4) is 0 Å². The van der Waals surface area contributed by atoms with Crippen molar-refractivity contribution in [3.63, 3.8) is 0 Å². The molecule has 0 saturated carbocycles. The van der Waals surface area contributed by atoms with Crippen molar-refractivity contribution < 1.29 is 19.1 Å². The number of hydrogen-bond acceptors (Lipinski definition) is 6. The van der Waals surface area contributed by atoms with Crippen molar-refractivity contribution >= 4 is 11.9 Å². The minimum absolute atomic E-state index is 0.230. The first-order valence-electron chi connectivity index (χ1n) is 14.7. The Kier molecular flexibility index (Phi) is 11.7. The number of esters is 2.